The molecular weight excluding hydrogens is 304 g/mol. The normalized spacial score (nSPS) is 20.8. The van der Waals surface area contributed by atoms with E-state index in [9.17, 15) is 9.59 Å². The van der Waals surface area contributed by atoms with Crippen molar-refractivity contribution in [3.8, 4) is 0 Å². The van der Waals surface area contributed by atoms with E-state index in [4.69, 9.17) is 10.3 Å². The Kier molecular flexibility index (Phi) is 6.26. The van der Waals surface area contributed by atoms with E-state index < -0.39 is 0 Å². The van der Waals surface area contributed by atoms with Gasteiger partial charge in [0.05, 0.1) is 11.5 Å². The zero-order valence-electron chi connectivity index (χ0n) is 12.6. The topological polar surface area (TPSA) is 110 Å². The maximum absolute atomic E-state index is 11.9. The van der Waals surface area contributed by atoms with Crippen LogP contribution in [0.2, 0.25) is 0 Å². The number of carbonyl (C=O) groups is 2. The molecule has 0 radical (unpaired) electrons. The maximum Gasteiger partial charge on any atom is 0.235 e. The molecule has 7 nitrogen and oxygen atoms in total. The molecule has 2 rings (SSSR count). The predicted octanol–water partition coefficient (Wildman–Crippen LogP) is 0.898. The summed E-state index contributed by atoms with van der Waals surface area (Å²) in [5, 5.41) is 9.30. The number of rotatable bonds is 7. The van der Waals surface area contributed by atoms with Crippen molar-refractivity contribution in [3.05, 3.63) is 11.8 Å². The molecule has 4 N–H and O–H groups in total. The van der Waals surface area contributed by atoms with Gasteiger partial charge in [-0.1, -0.05) is 11.6 Å². The first-order valence-corrected chi connectivity index (χ1v) is 8.54. The van der Waals surface area contributed by atoms with E-state index in [-0.39, 0.29) is 29.4 Å². The van der Waals surface area contributed by atoms with E-state index in [2.05, 4.69) is 15.8 Å². The summed E-state index contributed by atoms with van der Waals surface area (Å²) in [6, 6.07) is 1.83. The van der Waals surface area contributed by atoms with E-state index in [1.54, 1.807) is 13.0 Å². The molecule has 2 atom stereocenters. The van der Waals surface area contributed by atoms with Crippen LogP contribution in [0.5, 0.6) is 0 Å². The van der Waals surface area contributed by atoms with Crippen LogP contribution < -0.4 is 16.4 Å². The number of hydrogen-bond donors (Lipinski definition) is 3. The highest BCUT2D eigenvalue weighted by atomic mass is 32.2. The SMILES string of the molecule is Cc1cc(NC(=O)CSCC(=O)NC2CCCC2CN)no1. The molecule has 2 amide bonds. The fraction of sp³-hybridized carbons (Fsp3) is 0.643. The molecule has 1 fully saturated rings. The van der Waals surface area contributed by atoms with Crippen LogP contribution in [-0.4, -0.2) is 41.1 Å². The fourth-order valence-electron chi connectivity index (χ4n) is 2.60. The molecule has 1 saturated carbocycles. The van der Waals surface area contributed by atoms with E-state index in [0.717, 1.165) is 19.3 Å². The molecule has 1 heterocycles. The Morgan fingerprint density at radius 2 is 2.18 bits per heavy atom. The van der Waals surface area contributed by atoms with Gasteiger partial charge >= 0.3 is 0 Å². The predicted molar refractivity (Wildman–Crippen MR) is 85.5 cm³/mol. The first-order chi connectivity index (χ1) is 10.6. The van der Waals surface area contributed by atoms with Gasteiger partial charge in [-0.05, 0) is 32.2 Å². The summed E-state index contributed by atoms with van der Waals surface area (Å²) in [5.41, 5.74) is 5.69. The summed E-state index contributed by atoms with van der Waals surface area (Å²) < 4.78 is 4.86. The zero-order chi connectivity index (χ0) is 15.9. The number of aryl methyl sites for hydroxylation is 1. The Morgan fingerprint density at radius 3 is 2.86 bits per heavy atom. The van der Waals surface area contributed by atoms with Gasteiger partial charge in [0.15, 0.2) is 5.82 Å². The zero-order valence-corrected chi connectivity index (χ0v) is 13.4. The third-order valence-electron chi connectivity index (χ3n) is 3.67. The van der Waals surface area contributed by atoms with Crippen molar-refractivity contribution in [2.24, 2.45) is 11.7 Å². The molecule has 8 heteroatoms. The summed E-state index contributed by atoms with van der Waals surface area (Å²) in [5.74, 6) is 1.63. The standard InChI is InChI=1S/C14H22N4O3S/c1-9-5-12(18-21-9)17-14(20)8-22-7-13(19)16-11-4-2-3-10(11)6-15/h5,10-11H,2-4,6-8,15H2,1H3,(H,16,19)(H,17,18,20). The van der Waals surface area contributed by atoms with Crippen LogP contribution in [-0.2, 0) is 9.59 Å². The molecule has 1 aromatic heterocycles. The average Bonchev–Trinajstić information content (AvgIpc) is 3.07. The van der Waals surface area contributed by atoms with Crippen LogP contribution >= 0.6 is 11.8 Å². The minimum Gasteiger partial charge on any atom is -0.360 e. The lowest BCUT2D eigenvalue weighted by Gasteiger charge is -2.19. The number of amides is 2. The molecule has 1 aromatic rings. The van der Waals surface area contributed by atoms with Crippen LogP contribution in [0.4, 0.5) is 5.82 Å². The van der Waals surface area contributed by atoms with E-state index >= 15 is 0 Å². The van der Waals surface area contributed by atoms with Crippen LogP contribution in [0.1, 0.15) is 25.0 Å². The third-order valence-corrected chi connectivity index (χ3v) is 4.60. The van der Waals surface area contributed by atoms with Crippen molar-refractivity contribution in [3.63, 3.8) is 0 Å². The van der Waals surface area contributed by atoms with Crippen molar-refractivity contribution in [2.75, 3.05) is 23.4 Å². The number of hydrogen-bond acceptors (Lipinski definition) is 6. The maximum atomic E-state index is 11.9. The van der Waals surface area contributed by atoms with Gasteiger partial charge in [0, 0.05) is 12.1 Å². The van der Waals surface area contributed by atoms with E-state index in [1.165, 1.54) is 11.8 Å². The number of anilines is 1. The minimum absolute atomic E-state index is 0.0413. The second-order valence-corrected chi connectivity index (χ2v) is 6.45. The second kappa shape index (κ2) is 8.19. The quantitative estimate of drug-likeness (QED) is 0.686. The molecule has 0 spiro atoms. The monoisotopic (exact) mass is 326 g/mol. The van der Waals surface area contributed by atoms with Crippen molar-refractivity contribution in [1.82, 2.24) is 10.5 Å². The highest BCUT2D eigenvalue weighted by Crippen LogP contribution is 2.24. The summed E-state index contributed by atoms with van der Waals surface area (Å²) in [7, 11) is 0. The fourth-order valence-corrected chi connectivity index (χ4v) is 3.23. The third kappa shape index (κ3) is 5.03. The number of carbonyl (C=O) groups excluding carboxylic acids is 2. The van der Waals surface area contributed by atoms with Gasteiger partial charge in [0.25, 0.3) is 0 Å². The largest absolute Gasteiger partial charge is 0.360 e. The van der Waals surface area contributed by atoms with Gasteiger partial charge in [-0.2, -0.15) is 0 Å². The molecule has 2 unspecified atom stereocenters. The molecule has 0 bridgehead atoms. The number of nitrogens with one attached hydrogen (secondary N) is 2. The van der Waals surface area contributed by atoms with Crippen molar-refractivity contribution >= 4 is 29.4 Å². The van der Waals surface area contributed by atoms with Crippen LogP contribution in [0.25, 0.3) is 0 Å². The van der Waals surface area contributed by atoms with Gasteiger partial charge in [-0.25, -0.2) is 0 Å². The van der Waals surface area contributed by atoms with Gasteiger partial charge in [0.2, 0.25) is 11.8 Å². The van der Waals surface area contributed by atoms with Crippen molar-refractivity contribution < 1.29 is 14.1 Å². The van der Waals surface area contributed by atoms with Gasteiger partial charge < -0.3 is 20.9 Å². The molecular formula is C14H22N4O3S. The van der Waals surface area contributed by atoms with E-state index in [0.29, 0.717) is 24.0 Å². The number of aromatic nitrogens is 1. The summed E-state index contributed by atoms with van der Waals surface area (Å²) in [6.45, 7) is 2.36. The van der Waals surface area contributed by atoms with E-state index in [1.807, 2.05) is 0 Å². The van der Waals surface area contributed by atoms with Gasteiger partial charge in [-0.3, -0.25) is 9.59 Å². The Labute approximate surface area is 133 Å². The number of nitrogens with two attached hydrogens (primary N) is 1. The Morgan fingerprint density at radius 1 is 1.41 bits per heavy atom. The number of nitrogens with zero attached hydrogens (tertiary/aromatic N) is 1. The first kappa shape index (κ1) is 16.8. The van der Waals surface area contributed by atoms with Gasteiger partial charge in [-0.15, -0.1) is 11.8 Å². The van der Waals surface area contributed by atoms with Crippen LogP contribution in [0.3, 0.4) is 0 Å². The Hall–Kier alpha value is -1.54. The minimum atomic E-state index is -0.202. The van der Waals surface area contributed by atoms with Crippen LogP contribution in [0.15, 0.2) is 10.6 Å². The van der Waals surface area contributed by atoms with Crippen LogP contribution in [0, 0.1) is 12.8 Å². The molecule has 0 aliphatic heterocycles. The summed E-state index contributed by atoms with van der Waals surface area (Å²) in [6.07, 6.45) is 3.18. The van der Waals surface area contributed by atoms with Crippen molar-refractivity contribution in [2.45, 2.75) is 32.2 Å². The molecule has 0 saturated heterocycles. The highest BCUT2D eigenvalue weighted by Gasteiger charge is 2.27. The molecule has 1 aliphatic rings. The van der Waals surface area contributed by atoms with Crippen molar-refractivity contribution in [1.29, 1.82) is 0 Å². The lowest BCUT2D eigenvalue weighted by molar-refractivity contribution is -0.119. The molecule has 122 valence electrons. The molecule has 1 aliphatic carbocycles. The smallest absolute Gasteiger partial charge is 0.235 e. The lowest BCUT2D eigenvalue weighted by Crippen LogP contribution is -2.40. The van der Waals surface area contributed by atoms with Gasteiger partial charge in [0.1, 0.15) is 5.76 Å². The molecule has 0 aromatic carbocycles. The Bertz CT molecular complexity index is 520. The highest BCUT2D eigenvalue weighted by molar-refractivity contribution is 8.00. The lowest BCUT2D eigenvalue weighted by atomic mass is 10.0. The summed E-state index contributed by atoms with van der Waals surface area (Å²) >= 11 is 1.27. The summed E-state index contributed by atoms with van der Waals surface area (Å²) in [4.78, 5) is 23.6. The Balaban J connectivity index is 1.63. The second-order valence-electron chi connectivity index (χ2n) is 5.46. The molecule has 22 heavy (non-hydrogen) atoms. The average molecular weight is 326 g/mol. The first-order valence-electron chi connectivity index (χ1n) is 7.39. The number of thioether (sulfide) groups is 1.